The zero-order chi connectivity index (χ0) is 22.1. The van der Waals surface area contributed by atoms with E-state index in [1.165, 1.54) is 12.4 Å². The number of benzene rings is 2. The third kappa shape index (κ3) is 5.95. The molecular weight excluding hydrogens is 392 g/mol. The Balaban J connectivity index is 1.57. The van der Waals surface area contributed by atoms with Crippen LogP contribution in [0.3, 0.4) is 0 Å². The van der Waals surface area contributed by atoms with Gasteiger partial charge >= 0.3 is 0 Å². The number of amides is 2. The molecule has 0 bridgehead atoms. The Morgan fingerprint density at radius 2 is 1.84 bits per heavy atom. The fourth-order valence-electron chi connectivity index (χ4n) is 2.97. The normalized spacial score (nSPS) is 15.7. The minimum atomic E-state index is -0.616. The molecule has 0 fully saturated rings. The van der Waals surface area contributed by atoms with E-state index in [4.69, 9.17) is 5.26 Å². The average molecular weight is 416 g/mol. The quantitative estimate of drug-likeness (QED) is 0.411. The monoisotopic (exact) mass is 416 g/mol. The molecule has 1 atom stereocenters. The lowest BCUT2D eigenvalue weighted by Gasteiger charge is -2.23. The molecule has 2 amide bonds. The molecule has 158 valence electrons. The number of nitrogens with zero attached hydrogens (tertiary/aromatic N) is 1. The molecule has 1 unspecified atom stereocenters. The molecule has 0 saturated heterocycles. The summed E-state index contributed by atoms with van der Waals surface area (Å²) in [5.41, 5.74) is 3.71. The number of hydrogen-bond donors (Lipinski definition) is 5. The number of rotatable bonds is 8. The van der Waals surface area contributed by atoms with Crippen molar-refractivity contribution in [3.63, 3.8) is 0 Å². The van der Waals surface area contributed by atoms with E-state index in [1.807, 2.05) is 42.5 Å². The first-order valence-corrected chi connectivity index (χ1v) is 9.80. The third-order valence-electron chi connectivity index (χ3n) is 4.63. The second-order valence-electron chi connectivity index (χ2n) is 6.86. The van der Waals surface area contributed by atoms with Gasteiger partial charge in [0.15, 0.2) is 6.29 Å². The summed E-state index contributed by atoms with van der Waals surface area (Å²) in [4.78, 5) is 24.3. The van der Waals surface area contributed by atoms with Crippen LogP contribution >= 0.6 is 0 Å². The maximum absolute atomic E-state index is 12.6. The molecule has 0 saturated carbocycles. The van der Waals surface area contributed by atoms with Crippen molar-refractivity contribution in [1.82, 2.24) is 26.6 Å². The molecule has 2 aromatic carbocycles. The van der Waals surface area contributed by atoms with Gasteiger partial charge in [0.25, 0.3) is 5.91 Å². The topological polar surface area (TPSA) is 118 Å². The Bertz CT molecular complexity index is 1020. The van der Waals surface area contributed by atoms with Crippen LogP contribution in [0.5, 0.6) is 0 Å². The first kappa shape index (κ1) is 21.6. The molecular formula is C23H24N6O2. The smallest absolute Gasteiger partial charge is 0.266 e. The van der Waals surface area contributed by atoms with Crippen molar-refractivity contribution >= 4 is 11.8 Å². The summed E-state index contributed by atoms with van der Waals surface area (Å²) in [6.45, 7) is 0.730. The molecule has 2 aromatic rings. The Labute approximate surface area is 181 Å². The Morgan fingerprint density at radius 3 is 2.48 bits per heavy atom. The summed E-state index contributed by atoms with van der Waals surface area (Å²) in [7, 11) is 1.74. The molecule has 0 radical (unpaired) electrons. The molecule has 8 heteroatoms. The van der Waals surface area contributed by atoms with E-state index in [9.17, 15) is 9.59 Å². The molecule has 1 heterocycles. The van der Waals surface area contributed by atoms with Crippen LogP contribution in [0.1, 0.15) is 5.56 Å². The highest BCUT2D eigenvalue weighted by Crippen LogP contribution is 2.19. The zero-order valence-corrected chi connectivity index (χ0v) is 17.1. The van der Waals surface area contributed by atoms with E-state index in [-0.39, 0.29) is 11.5 Å². The van der Waals surface area contributed by atoms with Crippen LogP contribution in [-0.2, 0) is 16.1 Å². The predicted octanol–water partition coefficient (Wildman–Crippen LogP) is 1.07. The van der Waals surface area contributed by atoms with Gasteiger partial charge in [-0.25, -0.2) is 0 Å². The average Bonchev–Trinajstić information content (AvgIpc) is 2.81. The molecule has 0 aromatic heterocycles. The van der Waals surface area contributed by atoms with Crippen molar-refractivity contribution < 1.29 is 9.59 Å². The molecule has 5 N–H and O–H groups in total. The third-order valence-corrected chi connectivity index (χ3v) is 4.63. The van der Waals surface area contributed by atoms with E-state index in [2.05, 4.69) is 38.7 Å². The molecule has 0 spiro atoms. The maximum Gasteiger partial charge on any atom is 0.266 e. The van der Waals surface area contributed by atoms with E-state index >= 15 is 0 Å². The van der Waals surface area contributed by atoms with Gasteiger partial charge in [-0.1, -0.05) is 54.6 Å². The molecule has 0 aliphatic carbocycles. The van der Waals surface area contributed by atoms with Crippen molar-refractivity contribution in [3.8, 4) is 17.2 Å². The summed E-state index contributed by atoms with van der Waals surface area (Å²) < 4.78 is 0. The van der Waals surface area contributed by atoms with Crippen molar-refractivity contribution in [2.75, 3.05) is 13.6 Å². The Hall–Kier alpha value is -4.09. The van der Waals surface area contributed by atoms with Crippen LogP contribution in [-0.4, -0.2) is 31.7 Å². The van der Waals surface area contributed by atoms with E-state index in [0.29, 0.717) is 18.7 Å². The van der Waals surface area contributed by atoms with Crippen LogP contribution in [0.15, 0.2) is 78.1 Å². The minimum Gasteiger partial charge on any atom is -0.354 e. The van der Waals surface area contributed by atoms with Gasteiger partial charge in [0.05, 0.1) is 0 Å². The predicted molar refractivity (Wildman–Crippen MR) is 118 cm³/mol. The number of nitrogens with one attached hydrogen (secondary N) is 5. The van der Waals surface area contributed by atoms with E-state index in [1.54, 1.807) is 13.1 Å². The van der Waals surface area contributed by atoms with Crippen molar-refractivity contribution in [2.24, 2.45) is 0 Å². The largest absolute Gasteiger partial charge is 0.354 e. The second kappa shape index (κ2) is 10.6. The molecule has 31 heavy (non-hydrogen) atoms. The first-order valence-electron chi connectivity index (χ1n) is 9.80. The van der Waals surface area contributed by atoms with Crippen molar-refractivity contribution in [1.29, 1.82) is 5.26 Å². The van der Waals surface area contributed by atoms with Gasteiger partial charge in [0, 0.05) is 31.1 Å². The highest BCUT2D eigenvalue weighted by molar-refractivity contribution is 5.98. The zero-order valence-electron chi connectivity index (χ0n) is 17.1. The lowest BCUT2D eigenvalue weighted by atomic mass is 10.0. The van der Waals surface area contributed by atoms with Crippen LogP contribution in [0, 0.1) is 11.3 Å². The van der Waals surface area contributed by atoms with Crippen molar-refractivity contribution in [3.05, 3.63) is 83.7 Å². The number of nitriles is 1. The Morgan fingerprint density at radius 1 is 1.13 bits per heavy atom. The van der Waals surface area contributed by atoms with E-state index < -0.39 is 12.2 Å². The number of likely N-dealkylation sites (N-methyl/N-ethyl adjacent to an activating group) is 1. The highest BCUT2D eigenvalue weighted by atomic mass is 16.2. The minimum absolute atomic E-state index is 0.00601. The molecule has 1 aliphatic heterocycles. The van der Waals surface area contributed by atoms with Crippen LogP contribution in [0.2, 0.25) is 0 Å². The summed E-state index contributed by atoms with van der Waals surface area (Å²) in [5.74, 6) is -0.713. The van der Waals surface area contributed by atoms with Gasteiger partial charge in [-0.3, -0.25) is 9.59 Å². The summed E-state index contributed by atoms with van der Waals surface area (Å²) in [6.07, 6.45) is 2.25. The summed E-state index contributed by atoms with van der Waals surface area (Å²) in [6, 6.07) is 19.9. The first-order chi connectivity index (χ1) is 15.1. The van der Waals surface area contributed by atoms with Gasteiger partial charge in [-0.05, 0) is 23.7 Å². The summed E-state index contributed by atoms with van der Waals surface area (Å²) >= 11 is 0. The fraction of sp³-hybridized carbons (Fsp3) is 0.174. The molecule has 8 nitrogen and oxygen atoms in total. The number of carbonyl (C=O) groups is 2. The van der Waals surface area contributed by atoms with Gasteiger partial charge in [-0.15, -0.1) is 0 Å². The van der Waals surface area contributed by atoms with Crippen molar-refractivity contribution in [2.45, 2.75) is 12.8 Å². The van der Waals surface area contributed by atoms with Gasteiger partial charge < -0.3 is 26.6 Å². The van der Waals surface area contributed by atoms with Gasteiger partial charge in [0.2, 0.25) is 5.91 Å². The standard InChI is InChI=1S/C23H24N6O2/c1-25-13-20(15-28-23-27-14-19(11-24)22(31)29-23)21(30)26-12-16-7-9-18(10-8-16)17-5-3-2-4-6-17/h2-10,14-15,23,25,27-28H,12-13H2,1H3,(H,26,30)(H,29,31)/b20-15+. The highest BCUT2D eigenvalue weighted by Gasteiger charge is 2.19. The fourth-order valence-corrected chi connectivity index (χ4v) is 2.97. The van der Waals surface area contributed by atoms with Crippen LogP contribution < -0.4 is 26.6 Å². The Kier molecular flexibility index (Phi) is 7.40. The number of carbonyl (C=O) groups excluding carboxylic acids is 2. The SMILES string of the molecule is CNC/C(=C\NC1NC=C(C#N)C(=O)N1)C(=O)NCc1ccc(-c2ccccc2)cc1. The lowest BCUT2D eigenvalue weighted by Crippen LogP contribution is -2.54. The number of hydrogen-bond acceptors (Lipinski definition) is 6. The van der Waals surface area contributed by atoms with Gasteiger partial charge in [-0.2, -0.15) is 5.26 Å². The second-order valence-corrected chi connectivity index (χ2v) is 6.86. The maximum atomic E-state index is 12.6. The van der Waals surface area contributed by atoms with Crippen LogP contribution in [0.25, 0.3) is 11.1 Å². The van der Waals surface area contributed by atoms with E-state index in [0.717, 1.165) is 16.7 Å². The molecule has 3 rings (SSSR count). The molecule has 1 aliphatic rings. The summed E-state index contributed by atoms with van der Waals surface area (Å²) in [5, 5.41) is 23.0. The van der Waals surface area contributed by atoms with Gasteiger partial charge in [0.1, 0.15) is 11.6 Å². The van der Waals surface area contributed by atoms with Crippen LogP contribution in [0.4, 0.5) is 0 Å². The lowest BCUT2D eigenvalue weighted by molar-refractivity contribution is -0.118.